The molecule has 0 radical (unpaired) electrons. The molecule has 0 spiro atoms. The minimum Gasteiger partial charge on any atom is -0.494 e. The largest absolute Gasteiger partial charge is 0.494 e. The number of hydrogen-bond acceptors (Lipinski definition) is 4. The predicted octanol–water partition coefficient (Wildman–Crippen LogP) is 2.49. The number of hydrogen-bond donors (Lipinski definition) is 2. The third kappa shape index (κ3) is 3.58. The van der Waals surface area contributed by atoms with E-state index in [0.717, 1.165) is 11.3 Å². The van der Waals surface area contributed by atoms with Crippen molar-refractivity contribution in [2.45, 2.75) is 19.8 Å². The molecule has 0 aliphatic rings. The first-order valence-corrected chi connectivity index (χ1v) is 7.02. The Labute approximate surface area is 127 Å². The fourth-order valence-corrected chi connectivity index (χ4v) is 2.32. The average Bonchev–Trinajstić information content (AvgIpc) is 2.46. The van der Waals surface area contributed by atoms with Crippen molar-refractivity contribution in [3.05, 3.63) is 56.2 Å². The zero-order chi connectivity index (χ0) is 15.2. The van der Waals surface area contributed by atoms with E-state index in [4.69, 9.17) is 22.2 Å². The molecule has 0 saturated carbocycles. The second-order valence-corrected chi connectivity index (χ2v) is 4.82. The molecule has 0 atom stereocenters. The molecule has 2 rings (SSSR count). The molecule has 21 heavy (non-hydrogen) atoms. The highest BCUT2D eigenvalue weighted by Gasteiger charge is 2.09. The van der Waals surface area contributed by atoms with Gasteiger partial charge in [-0.1, -0.05) is 18.2 Å². The van der Waals surface area contributed by atoms with E-state index in [0.29, 0.717) is 25.1 Å². The van der Waals surface area contributed by atoms with Crippen molar-refractivity contribution in [2.75, 3.05) is 6.61 Å². The first-order chi connectivity index (χ1) is 10.2. The molecule has 0 aliphatic heterocycles. The minimum atomic E-state index is -0.450. The normalized spacial score (nSPS) is 10.1. The van der Waals surface area contributed by atoms with Gasteiger partial charge in [0.15, 0.2) is 4.77 Å². The van der Waals surface area contributed by atoms with Gasteiger partial charge in [0, 0.05) is 5.69 Å². The number of aryl methyl sites for hydroxylation is 2. The molecule has 6 heteroatoms. The number of H-pyrrole nitrogens is 2. The van der Waals surface area contributed by atoms with E-state index >= 15 is 0 Å². The van der Waals surface area contributed by atoms with Crippen LogP contribution in [0.5, 0.6) is 5.75 Å². The third-order valence-electron chi connectivity index (χ3n) is 3.05. The van der Waals surface area contributed by atoms with Crippen LogP contribution < -0.4 is 10.3 Å². The summed E-state index contributed by atoms with van der Waals surface area (Å²) >= 11 is 4.95. The first-order valence-electron chi connectivity index (χ1n) is 6.62. The Kier molecular flexibility index (Phi) is 4.90. The molecular formula is C15H15N3O2S. The van der Waals surface area contributed by atoms with Crippen LogP contribution in [0.1, 0.15) is 23.7 Å². The molecule has 0 amide bonds. The van der Waals surface area contributed by atoms with Gasteiger partial charge in [-0.25, -0.2) is 0 Å². The first kappa shape index (κ1) is 15.0. The smallest absolute Gasteiger partial charge is 0.269 e. The lowest BCUT2D eigenvalue weighted by Gasteiger charge is -2.10. The van der Waals surface area contributed by atoms with E-state index in [2.05, 4.69) is 9.97 Å². The lowest BCUT2D eigenvalue weighted by atomic mass is 10.0. The highest BCUT2D eigenvalue weighted by Crippen LogP contribution is 2.19. The van der Waals surface area contributed by atoms with Crippen molar-refractivity contribution in [1.82, 2.24) is 9.97 Å². The Hall–Kier alpha value is -2.39. The van der Waals surface area contributed by atoms with E-state index < -0.39 is 5.56 Å². The molecule has 1 aromatic heterocycles. The summed E-state index contributed by atoms with van der Waals surface area (Å²) in [7, 11) is 0. The number of aromatic nitrogens is 2. The molecule has 2 N–H and O–H groups in total. The summed E-state index contributed by atoms with van der Waals surface area (Å²) < 4.78 is 5.79. The quantitative estimate of drug-likeness (QED) is 0.831. The molecule has 5 nitrogen and oxygen atoms in total. The van der Waals surface area contributed by atoms with Crippen LogP contribution in [0.25, 0.3) is 0 Å². The van der Waals surface area contributed by atoms with Crippen LogP contribution in [0.2, 0.25) is 0 Å². The minimum absolute atomic E-state index is 0.0810. The molecule has 0 unspecified atom stereocenters. The van der Waals surface area contributed by atoms with E-state index in [1.807, 2.05) is 37.3 Å². The molecule has 108 valence electrons. The van der Waals surface area contributed by atoms with Crippen molar-refractivity contribution in [1.29, 1.82) is 5.26 Å². The molecular weight excluding hydrogens is 286 g/mol. The SMILES string of the molecule is CCOc1ccccc1CCc1[nH]c(=S)[nH]c(=O)c1C#N. The Morgan fingerprint density at radius 2 is 2.05 bits per heavy atom. The number of nitrogens with one attached hydrogen (secondary N) is 2. The summed E-state index contributed by atoms with van der Waals surface area (Å²) in [4.78, 5) is 17.0. The van der Waals surface area contributed by atoms with Crippen molar-refractivity contribution >= 4 is 12.2 Å². The second-order valence-electron chi connectivity index (χ2n) is 4.41. The summed E-state index contributed by atoms with van der Waals surface area (Å²) in [6.07, 6.45) is 1.17. The molecule has 0 bridgehead atoms. The van der Waals surface area contributed by atoms with Crippen LogP contribution in [0.3, 0.4) is 0 Å². The van der Waals surface area contributed by atoms with Gasteiger partial charge < -0.3 is 9.72 Å². The average molecular weight is 301 g/mol. The van der Waals surface area contributed by atoms with Crippen LogP contribution >= 0.6 is 12.2 Å². The van der Waals surface area contributed by atoms with E-state index in [1.54, 1.807) is 0 Å². The molecule has 0 aliphatic carbocycles. The monoisotopic (exact) mass is 301 g/mol. The van der Waals surface area contributed by atoms with Gasteiger partial charge in [-0.2, -0.15) is 5.26 Å². The fourth-order valence-electron chi connectivity index (χ4n) is 2.11. The lowest BCUT2D eigenvalue weighted by molar-refractivity contribution is 0.336. The summed E-state index contributed by atoms with van der Waals surface area (Å²) in [5, 5.41) is 9.08. The maximum Gasteiger partial charge on any atom is 0.269 e. The van der Waals surface area contributed by atoms with Crippen LogP contribution in [0.4, 0.5) is 0 Å². The van der Waals surface area contributed by atoms with Crippen molar-refractivity contribution in [3.8, 4) is 11.8 Å². The van der Waals surface area contributed by atoms with Crippen LogP contribution in [-0.4, -0.2) is 16.6 Å². The number of rotatable bonds is 5. The number of para-hydroxylation sites is 1. The summed E-state index contributed by atoms with van der Waals surface area (Å²) in [6.45, 7) is 2.52. The van der Waals surface area contributed by atoms with Gasteiger partial charge >= 0.3 is 0 Å². The number of nitrogens with zero attached hydrogens (tertiary/aromatic N) is 1. The molecule has 2 aromatic rings. The summed E-state index contributed by atoms with van der Waals surface area (Å²) in [5.74, 6) is 0.821. The predicted molar refractivity (Wildman–Crippen MR) is 82.0 cm³/mol. The topological polar surface area (TPSA) is 81.7 Å². The van der Waals surface area contributed by atoms with Gasteiger partial charge in [-0.05, 0) is 43.6 Å². The summed E-state index contributed by atoms with van der Waals surface area (Å²) in [5.41, 5.74) is 1.22. The molecule has 0 saturated heterocycles. The number of ether oxygens (including phenoxy) is 1. The zero-order valence-electron chi connectivity index (χ0n) is 11.6. The number of benzene rings is 1. The van der Waals surface area contributed by atoms with Gasteiger partial charge in [0.2, 0.25) is 0 Å². The maximum absolute atomic E-state index is 11.7. The van der Waals surface area contributed by atoms with E-state index in [9.17, 15) is 4.79 Å². The Morgan fingerprint density at radius 3 is 2.76 bits per heavy atom. The van der Waals surface area contributed by atoms with Gasteiger partial charge in [-0.3, -0.25) is 9.78 Å². The lowest BCUT2D eigenvalue weighted by Crippen LogP contribution is -2.16. The second kappa shape index (κ2) is 6.86. The molecule has 1 aromatic carbocycles. The van der Waals surface area contributed by atoms with Gasteiger partial charge in [0.05, 0.1) is 6.61 Å². The standard InChI is InChI=1S/C15H15N3O2S/c1-2-20-13-6-4-3-5-10(13)7-8-12-11(9-16)14(19)18-15(21)17-12/h3-6H,2,7-8H2,1H3,(H2,17,18,19,21). The van der Waals surface area contributed by atoms with Crippen molar-refractivity contribution in [2.24, 2.45) is 0 Å². The Bertz CT molecular complexity index is 786. The van der Waals surface area contributed by atoms with E-state index in [1.165, 1.54) is 0 Å². The Morgan fingerprint density at radius 1 is 1.29 bits per heavy atom. The van der Waals surface area contributed by atoms with E-state index in [-0.39, 0.29) is 10.3 Å². The zero-order valence-corrected chi connectivity index (χ0v) is 12.4. The highest BCUT2D eigenvalue weighted by molar-refractivity contribution is 7.71. The number of aromatic amines is 2. The highest BCUT2D eigenvalue weighted by atomic mass is 32.1. The van der Waals surface area contributed by atoms with Crippen LogP contribution in [-0.2, 0) is 12.8 Å². The molecule has 1 heterocycles. The Balaban J connectivity index is 2.27. The van der Waals surface area contributed by atoms with Crippen molar-refractivity contribution in [3.63, 3.8) is 0 Å². The fraction of sp³-hybridized carbons (Fsp3) is 0.267. The maximum atomic E-state index is 11.7. The summed E-state index contributed by atoms with van der Waals surface area (Å²) in [6, 6.07) is 9.64. The van der Waals surface area contributed by atoms with Gasteiger partial charge in [-0.15, -0.1) is 0 Å². The van der Waals surface area contributed by atoms with Crippen LogP contribution in [0.15, 0.2) is 29.1 Å². The van der Waals surface area contributed by atoms with Crippen LogP contribution in [0, 0.1) is 16.1 Å². The molecule has 0 fully saturated rings. The van der Waals surface area contributed by atoms with Crippen molar-refractivity contribution < 1.29 is 4.74 Å². The number of nitriles is 1. The van der Waals surface area contributed by atoms with Gasteiger partial charge in [0.25, 0.3) is 5.56 Å². The van der Waals surface area contributed by atoms with Gasteiger partial charge in [0.1, 0.15) is 17.4 Å². The third-order valence-corrected chi connectivity index (χ3v) is 3.25.